The first kappa shape index (κ1) is 12.4. The predicted molar refractivity (Wildman–Crippen MR) is 69.4 cm³/mol. The summed E-state index contributed by atoms with van der Waals surface area (Å²) in [4.78, 5) is 2.73. The third-order valence-electron chi connectivity index (χ3n) is 5.18. The third kappa shape index (κ3) is 2.14. The lowest BCUT2D eigenvalue weighted by atomic mass is 9.93. The van der Waals surface area contributed by atoms with E-state index in [0.29, 0.717) is 5.54 Å². The quantitative estimate of drug-likeness (QED) is 0.795. The molecule has 0 aromatic rings. The molecule has 0 aromatic carbocycles. The molecule has 94 valence electrons. The average Bonchev–Trinajstić information content (AvgIpc) is 2.96. The van der Waals surface area contributed by atoms with Gasteiger partial charge in [0.15, 0.2) is 0 Å². The van der Waals surface area contributed by atoms with Gasteiger partial charge in [-0.1, -0.05) is 26.7 Å². The van der Waals surface area contributed by atoms with Crippen molar-refractivity contribution in [3.63, 3.8) is 0 Å². The topological polar surface area (TPSA) is 29.3 Å². The van der Waals surface area contributed by atoms with Gasteiger partial charge in [-0.3, -0.25) is 4.90 Å². The minimum atomic E-state index is 0.380. The predicted octanol–water partition coefficient (Wildman–Crippen LogP) is 2.63. The van der Waals surface area contributed by atoms with Gasteiger partial charge in [-0.2, -0.15) is 0 Å². The second-order valence-corrected chi connectivity index (χ2v) is 5.95. The molecule has 2 rings (SSSR count). The molecule has 0 spiro atoms. The van der Waals surface area contributed by atoms with Crippen LogP contribution >= 0.6 is 0 Å². The Kier molecular flexibility index (Phi) is 3.91. The molecule has 3 atom stereocenters. The zero-order valence-corrected chi connectivity index (χ0v) is 11.0. The van der Waals surface area contributed by atoms with Crippen molar-refractivity contribution >= 4 is 0 Å². The molecule has 2 heteroatoms. The summed E-state index contributed by atoms with van der Waals surface area (Å²) < 4.78 is 0. The zero-order chi connectivity index (χ0) is 11.6. The van der Waals surface area contributed by atoms with Gasteiger partial charge < -0.3 is 5.73 Å². The Bertz CT molecular complexity index is 229. The summed E-state index contributed by atoms with van der Waals surface area (Å²) in [6.07, 6.45) is 8.19. The van der Waals surface area contributed by atoms with Crippen LogP contribution in [-0.2, 0) is 0 Å². The van der Waals surface area contributed by atoms with Gasteiger partial charge in [0.25, 0.3) is 0 Å². The van der Waals surface area contributed by atoms with Crippen LogP contribution in [0.4, 0.5) is 0 Å². The van der Waals surface area contributed by atoms with Gasteiger partial charge in [0.1, 0.15) is 0 Å². The van der Waals surface area contributed by atoms with Gasteiger partial charge in [0.2, 0.25) is 0 Å². The van der Waals surface area contributed by atoms with Gasteiger partial charge >= 0.3 is 0 Å². The van der Waals surface area contributed by atoms with Crippen LogP contribution in [0.5, 0.6) is 0 Å². The first-order chi connectivity index (χ1) is 7.74. The molecular weight excluding hydrogens is 196 g/mol. The Morgan fingerprint density at radius 2 is 1.94 bits per heavy atom. The van der Waals surface area contributed by atoms with Crippen molar-refractivity contribution in [2.45, 2.75) is 57.9 Å². The van der Waals surface area contributed by atoms with Crippen molar-refractivity contribution in [2.24, 2.45) is 17.6 Å². The molecule has 2 nitrogen and oxygen atoms in total. The Morgan fingerprint density at radius 3 is 2.44 bits per heavy atom. The van der Waals surface area contributed by atoms with E-state index in [4.69, 9.17) is 5.73 Å². The standard InChI is InChI=1S/C14H28N2/c1-3-12-5-7-14(9-12,11-15)16-8-6-13(4-2)10-16/h12-13H,3-11,15H2,1-2H3. The van der Waals surface area contributed by atoms with Gasteiger partial charge in [-0.25, -0.2) is 0 Å². The minimum Gasteiger partial charge on any atom is -0.329 e. The summed E-state index contributed by atoms with van der Waals surface area (Å²) in [5, 5.41) is 0. The number of hydrogen-bond acceptors (Lipinski definition) is 2. The van der Waals surface area contributed by atoms with E-state index >= 15 is 0 Å². The SMILES string of the molecule is CCC1CCN(C2(CN)CCC(CC)C2)C1. The molecule has 2 N–H and O–H groups in total. The first-order valence-electron chi connectivity index (χ1n) is 7.19. The van der Waals surface area contributed by atoms with E-state index in [1.54, 1.807) is 0 Å². The van der Waals surface area contributed by atoms with Crippen LogP contribution in [0.25, 0.3) is 0 Å². The lowest BCUT2D eigenvalue weighted by Gasteiger charge is -2.38. The Hall–Kier alpha value is -0.0800. The first-order valence-corrected chi connectivity index (χ1v) is 7.19. The maximum Gasteiger partial charge on any atom is 0.0334 e. The van der Waals surface area contributed by atoms with E-state index in [0.717, 1.165) is 18.4 Å². The van der Waals surface area contributed by atoms with E-state index in [2.05, 4.69) is 18.7 Å². The van der Waals surface area contributed by atoms with E-state index in [1.165, 1.54) is 51.6 Å². The average molecular weight is 224 g/mol. The number of likely N-dealkylation sites (tertiary alicyclic amines) is 1. The highest BCUT2D eigenvalue weighted by Crippen LogP contribution is 2.42. The second kappa shape index (κ2) is 5.05. The lowest BCUT2D eigenvalue weighted by Crippen LogP contribution is -2.51. The van der Waals surface area contributed by atoms with Crippen molar-refractivity contribution in [3.05, 3.63) is 0 Å². The van der Waals surface area contributed by atoms with Crippen molar-refractivity contribution in [1.82, 2.24) is 4.90 Å². The highest BCUT2D eigenvalue weighted by molar-refractivity contribution is 5.00. The monoisotopic (exact) mass is 224 g/mol. The van der Waals surface area contributed by atoms with Crippen molar-refractivity contribution in [2.75, 3.05) is 19.6 Å². The van der Waals surface area contributed by atoms with Crippen LogP contribution < -0.4 is 5.73 Å². The van der Waals surface area contributed by atoms with E-state index in [-0.39, 0.29) is 0 Å². The van der Waals surface area contributed by atoms with Gasteiger partial charge in [-0.05, 0) is 44.1 Å². The summed E-state index contributed by atoms with van der Waals surface area (Å²) in [5.74, 6) is 1.87. The number of rotatable bonds is 4. The fraction of sp³-hybridized carbons (Fsp3) is 1.00. The summed E-state index contributed by atoms with van der Waals surface area (Å²) in [5.41, 5.74) is 6.49. The molecule has 1 aliphatic carbocycles. The Morgan fingerprint density at radius 1 is 1.19 bits per heavy atom. The fourth-order valence-corrected chi connectivity index (χ4v) is 3.76. The second-order valence-electron chi connectivity index (χ2n) is 5.95. The number of hydrogen-bond donors (Lipinski definition) is 1. The zero-order valence-electron chi connectivity index (χ0n) is 11.0. The van der Waals surface area contributed by atoms with E-state index < -0.39 is 0 Å². The van der Waals surface area contributed by atoms with Gasteiger partial charge in [0.05, 0.1) is 0 Å². The maximum absolute atomic E-state index is 6.11. The normalized spacial score (nSPS) is 40.7. The Labute approximate surface area is 101 Å². The molecule has 1 aliphatic heterocycles. The van der Waals surface area contributed by atoms with Crippen LogP contribution in [0.2, 0.25) is 0 Å². The molecule has 2 aliphatic rings. The number of nitrogens with two attached hydrogens (primary N) is 1. The summed E-state index contributed by atoms with van der Waals surface area (Å²) in [6, 6.07) is 0. The summed E-state index contributed by atoms with van der Waals surface area (Å²) in [7, 11) is 0. The summed E-state index contributed by atoms with van der Waals surface area (Å²) >= 11 is 0. The molecule has 0 radical (unpaired) electrons. The highest BCUT2D eigenvalue weighted by Gasteiger charge is 2.44. The molecule has 1 saturated heterocycles. The molecule has 1 heterocycles. The van der Waals surface area contributed by atoms with Gasteiger partial charge in [0, 0.05) is 18.6 Å². The van der Waals surface area contributed by atoms with Gasteiger partial charge in [-0.15, -0.1) is 0 Å². The van der Waals surface area contributed by atoms with Crippen molar-refractivity contribution < 1.29 is 0 Å². The molecule has 0 amide bonds. The Balaban J connectivity index is 2.00. The molecule has 3 unspecified atom stereocenters. The molecule has 2 fully saturated rings. The minimum absolute atomic E-state index is 0.380. The maximum atomic E-state index is 6.11. The summed E-state index contributed by atoms with van der Waals surface area (Å²) in [6.45, 7) is 8.14. The lowest BCUT2D eigenvalue weighted by molar-refractivity contribution is 0.119. The largest absolute Gasteiger partial charge is 0.329 e. The molecule has 0 bridgehead atoms. The van der Waals surface area contributed by atoms with Crippen LogP contribution in [0.15, 0.2) is 0 Å². The molecular formula is C14H28N2. The third-order valence-corrected chi connectivity index (χ3v) is 5.18. The van der Waals surface area contributed by atoms with Crippen LogP contribution in [0.3, 0.4) is 0 Å². The smallest absolute Gasteiger partial charge is 0.0334 e. The molecule has 0 aromatic heterocycles. The van der Waals surface area contributed by atoms with Crippen LogP contribution in [0.1, 0.15) is 52.4 Å². The van der Waals surface area contributed by atoms with E-state index in [1.807, 2.05) is 0 Å². The van der Waals surface area contributed by atoms with Crippen LogP contribution in [0, 0.1) is 11.8 Å². The highest BCUT2D eigenvalue weighted by atomic mass is 15.2. The fourth-order valence-electron chi connectivity index (χ4n) is 3.76. The van der Waals surface area contributed by atoms with Crippen molar-refractivity contribution in [1.29, 1.82) is 0 Å². The van der Waals surface area contributed by atoms with E-state index in [9.17, 15) is 0 Å². The van der Waals surface area contributed by atoms with Crippen molar-refractivity contribution in [3.8, 4) is 0 Å². The molecule has 1 saturated carbocycles. The van der Waals surface area contributed by atoms with Crippen LogP contribution in [-0.4, -0.2) is 30.1 Å². The molecule has 16 heavy (non-hydrogen) atoms. The number of nitrogens with zero attached hydrogens (tertiary/aromatic N) is 1.